The number of aromatic nitrogens is 2. The van der Waals surface area contributed by atoms with Gasteiger partial charge >= 0.3 is 0 Å². The van der Waals surface area contributed by atoms with Gasteiger partial charge in [-0.1, -0.05) is 31.0 Å². The van der Waals surface area contributed by atoms with Gasteiger partial charge in [0.2, 0.25) is 5.95 Å². The molecule has 1 aromatic heterocycles. The molecule has 0 atom stereocenters. The molecule has 0 bridgehead atoms. The average Bonchev–Trinajstić information content (AvgIpc) is 2.91. The van der Waals surface area contributed by atoms with Gasteiger partial charge in [0.15, 0.2) is 0 Å². The molecule has 1 N–H and O–H groups in total. The van der Waals surface area contributed by atoms with Gasteiger partial charge in [0.25, 0.3) is 0 Å². The summed E-state index contributed by atoms with van der Waals surface area (Å²) in [4.78, 5) is 11.7. The summed E-state index contributed by atoms with van der Waals surface area (Å²) in [5.41, 5.74) is 2.20. The van der Waals surface area contributed by atoms with Crippen molar-refractivity contribution in [2.24, 2.45) is 0 Å². The van der Waals surface area contributed by atoms with Crippen LogP contribution in [-0.2, 0) is 6.42 Å². The van der Waals surface area contributed by atoms with Crippen molar-refractivity contribution in [1.82, 2.24) is 9.97 Å². The molecule has 0 unspecified atom stereocenters. The second kappa shape index (κ2) is 8.70. The van der Waals surface area contributed by atoms with E-state index in [2.05, 4.69) is 27.3 Å². The Morgan fingerprint density at radius 2 is 1.84 bits per heavy atom. The number of aryl methyl sites for hydroxylation is 1. The third kappa shape index (κ3) is 4.84. The van der Waals surface area contributed by atoms with Gasteiger partial charge in [-0.3, -0.25) is 0 Å². The summed E-state index contributed by atoms with van der Waals surface area (Å²) >= 11 is 0. The lowest BCUT2D eigenvalue weighted by Gasteiger charge is -2.22. The minimum atomic E-state index is 0.717. The molecular weight excluding hydrogens is 312 g/mol. The number of rotatable bonds is 6. The van der Waals surface area contributed by atoms with Crippen LogP contribution in [0.2, 0.25) is 0 Å². The number of benzene rings is 1. The maximum absolute atomic E-state index is 5.41. The quantitative estimate of drug-likeness (QED) is 0.866. The lowest BCUT2D eigenvalue weighted by atomic mass is 10.1. The second-order valence-corrected chi connectivity index (χ2v) is 6.58. The zero-order valence-corrected chi connectivity index (χ0v) is 15.3. The van der Waals surface area contributed by atoms with Crippen molar-refractivity contribution in [2.45, 2.75) is 39.0 Å². The van der Waals surface area contributed by atoms with Gasteiger partial charge < -0.3 is 15.0 Å². The first-order valence-corrected chi connectivity index (χ1v) is 9.22. The minimum absolute atomic E-state index is 0.717. The fraction of sp³-hybridized carbons (Fsp3) is 0.500. The molecule has 0 spiro atoms. The molecule has 0 saturated carbocycles. The highest BCUT2D eigenvalue weighted by Crippen LogP contribution is 2.20. The maximum Gasteiger partial charge on any atom is 0.224 e. The van der Waals surface area contributed by atoms with Gasteiger partial charge in [-0.2, -0.15) is 4.98 Å². The lowest BCUT2D eigenvalue weighted by Crippen LogP contribution is -2.25. The molecular formula is C20H28N4O. The van der Waals surface area contributed by atoms with Crippen molar-refractivity contribution in [3.05, 3.63) is 41.6 Å². The molecule has 1 aromatic carbocycles. The van der Waals surface area contributed by atoms with Crippen molar-refractivity contribution in [1.29, 1.82) is 0 Å². The Balaban J connectivity index is 1.64. The van der Waals surface area contributed by atoms with Crippen LogP contribution in [0.5, 0.6) is 5.75 Å². The van der Waals surface area contributed by atoms with Gasteiger partial charge in [0.1, 0.15) is 11.6 Å². The van der Waals surface area contributed by atoms with Crippen molar-refractivity contribution in [2.75, 3.05) is 37.0 Å². The molecule has 2 aromatic rings. The first-order chi connectivity index (χ1) is 12.3. The topological polar surface area (TPSA) is 50.3 Å². The fourth-order valence-corrected chi connectivity index (χ4v) is 3.31. The number of methoxy groups -OCH3 is 1. The number of anilines is 2. The standard InChI is InChI=1S/C20H28N4O/c1-16-15-19(24-13-7-3-4-8-14-24)23-20(22-16)21-12-11-17-9-5-6-10-18(17)25-2/h5-6,9-10,15H,3-4,7-8,11-14H2,1-2H3,(H,21,22,23). The van der Waals surface area contributed by atoms with Crippen LogP contribution in [0.25, 0.3) is 0 Å². The Hall–Kier alpha value is -2.30. The van der Waals surface area contributed by atoms with E-state index in [1.807, 2.05) is 25.1 Å². The van der Waals surface area contributed by atoms with Crippen LogP contribution in [0.15, 0.2) is 30.3 Å². The number of hydrogen-bond donors (Lipinski definition) is 1. The third-order valence-corrected chi connectivity index (χ3v) is 4.64. The van der Waals surface area contributed by atoms with Crippen LogP contribution < -0.4 is 15.0 Å². The molecule has 1 fully saturated rings. The normalized spacial score (nSPS) is 14.9. The van der Waals surface area contributed by atoms with Crippen molar-refractivity contribution < 1.29 is 4.74 Å². The number of hydrogen-bond acceptors (Lipinski definition) is 5. The first-order valence-electron chi connectivity index (χ1n) is 9.22. The van der Waals surface area contributed by atoms with Crippen LogP contribution in [-0.4, -0.2) is 36.7 Å². The molecule has 0 amide bonds. The minimum Gasteiger partial charge on any atom is -0.496 e. The zero-order valence-electron chi connectivity index (χ0n) is 15.3. The summed E-state index contributed by atoms with van der Waals surface area (Å²) in [6, 6.07) is 10.2. The molecule has 25 heavy (non-hydrogen) atoms. The molecule has 5 nitrogen and oxygen atoms in total. The van der Waals surface area contributed by atoms with Gasteiger partial charge in [-0.05, 0) is 37.8 Å². The van der Waals surface area contributed by atoms with Gasteiger partial charge in [-0.15, -0.1) is 0 Å². The van der Waals surface area contributed by atoms with E-state index in [0.29, 0.717) is 5.95 Å². The van der Waals surface area contributed by atoms with E-state index in [1.165, 1.54) is 31.2 Å². The zero-order chi connectivity index (χ0) is 17.5. The maximum atomic E-state index is 5.41. The predicted molar refractivity (Wildman–Crippen MR) is 103 cm³/mol. The Bertz CT molecular complexity index is 681. The Morgan fingerprint density at radius 3 is 2.60 bits per heavy atom. The average molecular weight is 340 g/mol. The van der Waals surface area contributed by atoms with E-state index in [9.17, 15) is 0 Å². The smallest absolute Gasteiger partial charge is 0.224 e. The molecule has 1 saturated heterocycles. The fourth-order valence-electron chi connectivity index (χ4n) is 3.31. The van der Waals surface area contributed by atoms with Gasteiger partial charge in [0.05, 0.1) is 7.11 Å². The number of para-hydroxylation sites is 1. The van der Waals surface area contributed by atoms with Crippen molar-refractivity contribution in [3.63, 3.8) is 0 Å². The Kier molecular flexibility index (Phi) is 6.09. The van der Waals surface area contributed by atoms with E-state index in [0.717, 1.165) is 43.3 Å². The Morgan fingerprint density at radius 1 is 1.08 bits per heavy atom. The van der Waals surface area contributed by atoms with E-state index in [1.54, 1.807) is 7.11 Å². The lowest BCUT2D eigenvalue weighted by molar-refractivity contribution is 0.410. The van der Waals surface area contributed by atoms with E-state index in [4.69, 9.17) is 9.72 Å². The first kappa shape index (κ1) is 17.5. The molecule has 5 heteroatoms. The van der Waals surface area contributed by atoms with E-state index >= 15 is 0 Å². The van der Waals surface area contributed by atoms with Gasteiger partial charge in [0, 0.05) is 31.4 Å². The van der Waals surface area contributed by atoms with Crippen LogP contribution in [0.4, 0.5) is 11.8 Å². The molecule has 134 valence electrons. The molecule has 3 rings (SSSR count). The molecule has 0 aliphatic carbocycles. The molecule has 0 radical (unpaired) electrons. The number of nitrogens with one attached hydrogen (secondary N) is 1. The third-order valence-electron chi connectivity index (χ3n) is 4.64. The van der Waals surface area contributed by atoms with Crippen LogP contribution >= 0.6 is 0 Å². The number of ether oxygens (including phenoxy) is 1. The SMILES string of the molecule is COc1ccccc1CCNc1nc(C)cc(N2CCCCCC2)n1. The van der Waals surface area contributed by atoms with Gasteiger partial charge in [-0.25, -0.2) is 4.98 Å². The Labute approximate surface area is 150 Å². The monoisotopic (exact) mass is 340 g/mol. The van der Waals surface area contributed by atoms with Crippen LogP contribution in [0, 0.1) is 6.92 Å². The molecule has 1 aliphatic rings. The van der Waals surface area contributed by atoms with Crippen molar-refractivity contribution in [3.8, 4) is 5.75 Å². The second-order valence-electron chi connectivity index (χ2n) is 6.58. The highest BCUT2D eigenvalue weighted by Gasteiger charge is 2.13. The molecule has 2 heterocycles. The van der Waals surface area contributed by atoms with E-state index < -0.39 is 0 Å². The summed E-state index contributed by atoms with van der Waals surface area (Å²) in [5, 5.41) is 3.38. The van der Waals surface area contributed by atoms with Crippen LogP contribution in [0.3, 0.4) is 0 Å². The summed E-state index contributed by atoms with van der Waals surface area (Å²) in [6.07, 6.45) is 6.02. The largest absolute Gasteiger partial charge is 0.496 e. The number of nitrogens with zero attached hydrogens (tertiary/aromatic N) is 3. The summed E-state index contributed by atoms with van der Waals surface area (Å²) < 4.78 is 5.41. The van der Waals surface area contributed by atoms with Crippen LogP contribution in [0.1, 0.15) is 36.9 Å². The summed E-state index contributed by atoms with van der Waals surface area (Å²) in [7, 11) is 1.71. The van der Waals surface area contributed by atoms with Crippen molar-refractivity contribution >= 4 is 11.8 Å². The van der Waals surface area contributed by atoms with E-state index in [-0.39, 0.29) is 0 Å². The predicted octanol–water partition coefficient (Wildman–Crippen LogP) is 3.83. The summed E-state index contributed by atoms with van der Waals surface area (Å²) in [6.45, 7) is 5.01. The highest BCUT2D eigenvalue weighted by atomic mass is 16.5. The molecule has 1 aliphatic heterocycles. The highest BCUT2D eigenvalue weighted by molar-refractivity contribution is 5.45. The summed E-state index contributed by atoms with van der Waals surface area (Å²) in [5.74, 6) is 2.70.